The molecule has 0 atom stereocenters. The Bertz CT molecular complexity index is 410. The van der Waals surface area contributed by atoms with Gasteiger partial charge in [-0.15, -0.1) is 0 Å². The van der Waals surface area contributed by atoms with Crippen molar-refractivity contribution in [1.29, 1.82) is 0 Å². The molecule has 9 nitrogen and oxygen atoms in total. The van der Waals surface area contributed by atoms with Gasteiger partial charge in [-0.1, -0.05) is 0 Å². The Morgan fingerprint density at radius 3 is 3.00 bits per heavy atom. The summed E-state index contributed by atoms with van der Waals surface area (Å²) in [6, 6.07) is -0.521. The van der Waals surface area contributed by atoms with E-state index in [1.807, 2.05) is 0 Å². The maximum absolute atomic E-state index is 11.3. The summed E-state index contributed by atoms with van der Waals surface area (Å²) in [5.74, 6) is 0. The Labute approximate surface area is 106 Å². The maximum atomic E-state index is 11.3. The van der Waals surface area contributed by atoms with Gasteiger partial charge in [0.05, 0.1) is 24.7 Å². The molecule has 0 fully saturated rings. The highest BCUT2D eigenvalue weighted by molar-refractivity contribution is 7.18. The van der Waals surface area contributed by atoms with Crippen LogP contribution in [0.5, 0.6) is 0 Å². The largest absolute Gasteiger partial charge is 0.394 e. The molecule has 0 aliphatic rings. The van der Waals surface area contributed by atoms with Crippen LogP contribution in [-0.4, -0.2) is 47.4 Å². The van der Waals surface area contributed by atoms with Gasteiger partial charge in [-0.05, 0) is 11.3 Å². The average molecular weight is 276 g/mol. The number of hydrogen-bond donors (Lipinski definition) is 3. The molecule has 0 bridgehead atoms. The van der Waals surface area contributed by atoms with Gasteiger partial charge in [0.1, 0.15) is 6.20 Å². The monoisotopic (exact) mass is 276 g/mol. The van der Waals surface area contributed by atoms with E-state index in [0.717, 1.165) is 17.5 Å². The van der Waals surface area contributed by atoms with Crippen molar-refractivity contribution >= 4 is 27.5 Å². The number of rotatable bonds is 7. The first-order chi connectivity index (χ1) is 8.63. The van der Waals surface area contributed by atoms with E-state index >= 15 is 0 Å². The molecule has 0 saturated carbocycles. The van der Waals surface area contributed by atoms with Gasteiger partial charge in [0.2, 0.25) is 0 Å². The molecule has 1 aromatic heterocycles. The predicted molar refractivity (Wildman–Crippen MR) is 63.7 cm³/mol. The topological polar surface area (TPSA) is 127 Å². The van der Waals surface area contributed by atoms with E-state index in [1.54, 1.807) is 0 Å². The van der Waals surface area contributed by atoms with Crippen molar-refractivity contribution in [1.82, 2.24) is 10.3 Å². The second-order valence-corrected chi connectivity index (χ2v) is 3.99. The summed E-state index contributed by atoms with van der Waals surface area (Å²) in [4.78, 5) is 24.8. The first-order valence-corrected chi connectivity index (χ1v) is 5.79. The van der Waals surface area contributed by atoms with Crippen LogP contribution in [0, 0.1) is 10.1 Å². The number of carbonyl (C=O) groups excluding carboxylic acids is 1. The number of thiazole rings is 1. The highest BCUT2D eigenvalue weighted by Crippen LogP contribution is 2.24. The van der Waals surface area contributed by atoms with Gasteiger partial charge >= 0.3 is 11.0 Å². The highest BCUT2D eigenvalue weighted by Gasteiger charge is 2.12. The highest BCUT2D eigenvalue weighted by atomic mass is 32.1. The lowest BCUT2D eigenvalue weighted by molar-refractivity contribution is -0.380. The lowest BCUT2D eigenvalue weighted by Crippen LogP contribution is -2.31. The van der Waals surface area contributed by atoms with Crippen LogP contribution in [0.2, 0.25) is 0 Å². The molecule has 100 valence electrons. The van der Waals surface area contributed by atoms with E-state index in [-0.39, 0.29) is 36.5 Å². The number of aliphatic hydroxyl groups excluding tert-OH is 1. The third-order valence-corrected chi connectivity index (χ3v) is 2.53. The molecule has 1 rings (SSSR count). The molecule has 0 unspecified atom stereocenters. The van der Waals surface area contributed by atoms with E-state index in [1.165, 1.54) is 0 Å². The Hall–Kier alpha value is -1.78. The standard InChI is InChI=1S/C8H12N4O5S/c13-2-4-17-3-1-9-7(14)11-8-10-5-6(18-8)12(15)16/h5,13H,1-4H2,(H2,9,10,11,14). The minimum atomic E-state index is -0.580. The summed E-state index contributed by atoms with van der Waals surface area (Å²) in [5.41, 5.74) is 0. The van der Waals surface area contributed by atoms with Crippen molar-refractivity contribution in [2.75, 3.05) is 31.7 Å². The molecular weight excluding hydrogens is 264 g/mol. The first kappa shape index (κ1) is 14.3. The van der Waals surface area contributed by atoms with Crippen molar-refractivity contribution < 1.29 is 19.6 Å². The van der Waals surface area contributed by atoms with Gasteiger partial charge in [-0.2, -0.15) is 0 Å². The van der Waals surface area contributed by atoms with Gasteiger partial charge in [0, 0.05) is 6.54 Å². The molecule has 10 heteroatoms. The van der Waals surface area contributed by atoms with Crippen LogP contribution < -0.4 is 10.6 Å². The molecule has 3 N–H and O–H groups in total. The second-order valence-electron chi connectivity index (χ2n) is 2.98. The number of aromatic nitrogens is 1. The van der Waals surface area contributed by atoms with Crippen LogP contribution in [0.1, 0.15) is 0 Å². The molecule has 0 spiro atoms. The van der Waals surface area contributed by atoms with Crippen LogP contribution in [0.4, 0.5) is 14.9 Å². The lowest BCUT2D eigenvalue weighted by Gasteiger charge is -2.05. The van der Waals surface area contributed by atoms with Crippen LogP contribution in [0.3, 0.4) is 0 Å². The van der Waals surface area contributed by atoms with E-state index in [2.05, 4.69) is 15.6 Å². The number of carbonyl (C=O) groups is 1. The van der Waals surface area contributed by atoms with Crippen LogP contribution in [0.25, 0.3) is 0 Å². The smallest absolute Gasteiger partial charge is 0.345 e. The van der Waals surface area contributed by atoms with Crippen LogP contribution in [0.15, 0.2) is 6.20 Å². The van der Waals surface area contributed by atoms with Gasteiger partial charge < -0.3 is 15.2 Å². The number of nitro groups is 1. The number of anilines is 1. The summed E-state index contributed by atoms with van der Waals surface area (Å²) >= 11 is 0.770. The number of aliphatic hydroxyl groups is 1. The molecule has 0 radical (unpaired) electrons. The van der Waals surface area contributed by atoms with E-state index < -0.39 is 11.0 Å². The minimum Gasteiger partial charge on any atom is -0.394 e. The molecule has 1 aromatic rings. The number of ether oxygens (including phenoxy) is 1. The predicted octanol–water partition coefficient (Wildman–Crippen LogP) is 0.182. The summed E-state index contributed by atoms with van der Waals surface area (Å²) in [5, 5.41) is 23.6. The third-order valence-electron chi connectivity index (χ3n) is 1.66. The fourth-order valence-electron chi connectivity index (χ4n) is 0.952. The SMILES string of the molecule is O=C(NCCOCCO)Nc1ncc([N+](=O)[O-])s1. The van der Waals surface area contributed by atoms with Crippen molar-refractivity contribution in [2.24, 2.45) is 0 Å². The summed E-state index contributed by atoms with van der Waals surface area (Å²) in [6.45, 7) is 0.669. The molecular formula is C8H12N4O5S. The molecule has 2 amide bonds. The summed E-state index contributed by atoms with van der Waals surface area (Å²) < 4.78 is 4.92. The lowest BCUT2D eigenvalue weighted by atomic mass is 10.6. The minimum absolute atomic E-state index is 0.0744. The zero-order valence-corrected chi connectivity index (χ0v) is 10.1. The van der Waals surface area contributed by atoms with Crippen LogP contribution in [-0.2, 0) is 4.74 Å². The zero-order valence-electron chi connectivity index (χ0n) is 9.29. The molecule has 0 aliphatic carbocycles. The number of urea groups is 1. The number of amides is 2. The summed E-state index contributed by atoms with van der Waals surface area (Å²) in [7, 11) is 0. The fraction of sp³-hybridized carbons (Fsp3) is 0.500. The van der Waals surface area contributed by atoms with E-state index in [0.29, 0.717) is 0 Å². The normalized spacial score (nSPS) is 10.1. The Morgan fingerprint density at radius 1 is 1.61 bits per heavy atom. The van der Waals surface area contributed by atoms with Gasteiger partial charge in [-0.3, -0.25) is 15.4 Å². The third kappa shape index (κ3) is 5.03. The molecule has 0 aliphatic heterocycles. The molecule has 18 heavy (non-hydrogen) atoms. The second kappa shape index (κ2) is 7.53. The van der Waals surface area contributed by atoms with E-state index in [4.69, 9.17) is 9.84 Å². The fourth-order valence-corrected chi connectivity index (χ4v) is 1.58. The van der Waals surface area contributed by atoms with Crippen LogP contribution >= 0.6 is 11.3 Å². The van der Waals surface area contributed by atoms with Gasteiger partial charge in [0.15, 0.2) is 5.13 Å². The molecule has 0 aromatic carbocycles. The van der Waals surface area contributed by atoms with Crippen molar-refractivity contribution in [3.8, 4) is 0 Å². The quantitative estimate of drug-likeness (QED) is 0.370. The van der Waals surface area contributed by atoms with Crippen molar-refractivity contribution in [3.05, 3.63) is 16.3 Å². The number of nitrogens with zero attached hydrogens (tertiary/aromatic N) is 2. The number of nitrogens with one attached hydrogen (secondary N) is 2. The van der Waals surface area contributed by atoms with Gasteiger partial charge in [0.25, 0.3) is 0 Å². The molecule has 0 saturated heterocycles. The van der Waals surface area contributed by atoms with Gasteiger partial charge in [-0.25, -0.2) is 9.78 Å². The maximum Gasteiger partial charge on any atom is 0.345 e. The van der Waals surface area contributed by atoms with Crippen molar-refractivity contribution in [2.45, 2.75) is 0 Å². The Kier molecular flexibility index (Phi) is 5.97. The van der Waals surface area contributed by atoms with E-state index in [9.17, 15) is 14.9 Å². The Balaban J connectivity index is 2.24. The average Bonchev–Trinajstić information content (AvgIpc) is 2.77. The number of hydrogen-bond acceptors (Lipinski definition) is 7. The summed E-state index contributed by atoms with van der Waals surface area (Å²) in [6.07, 6.45) is 1.07. The molecule has 1 heterocycles. The zero-order chi connectivity index (χ0) is 13.4. The Morgan fingerprint density at radius 2 is 2.39 bits per heavy atom. The first-order valence-electron chi connectivity index (χ1n) is 4.97. The van der Waals surface area contributed by atoms with Crippen molar-refractivity contribution in [3.63, 3.8) is 0 Å².